The van der Waals surface area contributed by atoms with Crippen LogP contribution in [0.5, 0.6) is 0 Å². The lowest BCUT2D eigenvalue weighted by molar-refractivity contribution is -0.117. The average Bonchev–Trinajstić information content (AvgIpc) is 3.53. The zero-order chi connectivity index (χ0) is 22.4. The summed E-state index contributed by atoms with van der Waals surface area (Å²) in [6.45, 7) is 2.79. The summed E-state index contributed by atoms with van der Waals surface area (Å²) in [6.07, 6.45) is 6.72. The van der Waals surface area contributed by atoms with E-state index in [0.717, 1.165) is 40.8 Å². The number of carbonyl (C=O) groups is 1. The Balaban J connectivity index is 1.22. The summed E-state index contributed by atoms with van der Waals surface area (Å²) in [5, 5.41) is 16.9. The van der Waals surface area contributed by atoms with E-state index >= 15 is 0 Å². The molecule has 2 aromatic heterocycles. The van der Waals surface area contributed by atoms with E-state index in [1.165, 1.54) is 25.7 Å². The molecule has 0 radical (unpaired) electrons. The fraction of sp³-hybridized carbons (Fsp3) is 0.500. The fourth-order valence-electron chi connectivity index (χ4n) is 5.75. The van der Waals surface area contributed by atoms with Gasteiger partial charge in [-0.25, -0.2) is 4.39 Å². The van der Waals surface area contributed by atoms with Crippen LogP contribution >= 0.6 is 0 Å². The molecular weight excluding hydrogens is 421 g/mol. The lowest BCUT2D eigenvalue weighted by Gasteiger charge is -2.27. The summed E-state index contributed by atoms with van der Waals surface area (Å²) >= 11 is 0. The maximum absolute atomic E-state index is 12.9. The Labute approximate surface area is 191 Å². The minimum Gasteiger partial charge on any atom is -0.308 e. The van der Waals surface area contributed by atoms with E-state index in [0.29, 0.717) is 37.5 Å². The van der Waals surface area contributed by atoms with Gasteiger partial charge in [0.25, 0.3) is 0 Å². The van der Waals surface area contributed by atoms with Crippen molar-refractivity contribution in [2.45, 2.75) is 50.9 Å². The van der Waals surface area contributed by atoms with Crippen molar-refractivity contribution in [1.29, 1.82) is 0 Å². The number of aromatic nitrogens is 4. The van der Waals surface area contributed by atoms with E-state index in [9.17, 15) is 9.18 Å². The topological polar surface area (TPSA) is 79.2 Å². The maximum Gasteiger partial charge on any atom is 0.239 e. The largest absolute Gasteiger partial charge is 0.308 e. The Morgan fingerprint density at radius 1 is 1.09 bits per heavy atom. The predicted octanol–water partition coefficient (Wildman–Crippen LogP) is 2.84. The van der Waals surface area contributed by atoms with E-state index in [1.807, 2.05) is 29.1 Å². The van der Waals surface area contributed by atoms with Gasteiger partial charge < -0.3 is 5.32 Å². The van der Waals surface area contributed by atoms with Crippen molar-refractivity contribution in [3.8, 4) is 11.1 Å². The molecule has 9 heteroatoms. The summed E-state index contributed by atoms with van der Waals surface area (Å²) in [4.78, 5) is 17.1. The number of fused-ring (bicyclic) bond motifs is 4. The summed E-state index contributed by atoms with van der Waals surface area (Å²) < 4.78 is 14.9. The Kier molecular flexibility index (Phi) is 5.30. The Morgan fingerprint density at radius 3 is 2.70 bits per heavy atom. The van der Waals surface area contributed by atoms with Gasteiger partial charge in [0, 0.05) is 42.7 Å². The molecule has 0 saturated carbocycles. The quantitative estimate of drug-likeness (QED) is 0.624. The Bertz CT molecular complexity index is 1170. The molecule has 1 N–H and O–H groups in total. The monoisotopic (exact) mass is 449 g/mol. The first kappa shape index (κ1) is 20.7. The van der Waals surface area contributed by atoms with Gasteiger partial charge in [-0.3, -0.25) is 19.3 Å². The summed E-state index contributed by atoms with van der Waals surface area (Å²) in [5.41, 5.74) is 3.95. The Hall–Kier alpha value is -2.91. The molecule has 172 valence electrons. The average molecular weight is 450 g/mol. The number of nitrogens with zero attached hydrogens (tertiary/aromatic N) is 6. The molecule has 2 fully saturated rings. The van der Waals surface area contributed by atoms with Crippen LogP contribution in [0.25, 0.3) is 22.0 Å². The first-order valence-electron chi connectivity index (χ1n) is 11.8. The first-order chi connectivity index (χ1) is 16.2. The van der Waals surface area contributed by atoms with Crippen molar-refractivity contribution in [1.82, 2.24) is 29.8 Å². The molecule has 1 aromatic carbocycles. The molecule has 2 bridgehead atoms. The number of benzene rings is 1. The van der Waals surface area contributed by atoms with Gasteiger partial charge in [-0.2, -0.15) is 5.10 Å². The SMILES string of the molecule is O=C(CN1C2CCC1CC2)Nc1cc2cc(-c3cnn4c3CN(CCF)CC4)ccc2nn1. The lowest BCUT2D eigenvalue weighted by atomic mass is 10.0. The van der Waals surface area contributed by atoms with Crippen LogP contribution in [-0.2, 0) is 17.9 Å². The summed E-state index contributed by atoms with van der Waals surface area (Å²) in [6, 6.07) is 9.03. The van der Waals surface area contributed by atoms with Crippen LogP contribution in [0, 0.1) is 0 Å². The maximum atomic E-state index is 12.9. The second kappa shape index (κ2) is 8.46. The highest BCUT2D eigenvalue weighted by molar-refractivity contribution is 5.94. The number of nitrogens with one attached hydrogen (secondary N) is 1. The lowest BCUT2D eigenvalue weighted by Crippen LogP contribution is -2.36. The van der Waals surface area contributed by atoms with E-state index in [4.69, 9.17) is 0 Å². The van der Waals surface area contributed by atoms with Crippen molar-refractivity contribution in [3.05, 3.63) is 36.2 Å². The van der Waals surface area contributed by atoms with Gasteiger partial charge in [0.2, 0.25) is 5.91 Å². The predicted molar refractivity (Wildman–Crippen MR) is 123 cm³/mol. The molecule has 0 atom stereocenters. The molecule has 33 heavy (non-hydrogen) atoms. The normalized spacial score (nSPS) is 22.7. The third-order valence-corrected chi connectivity index (χ3v) is 7.44. The Morgan fingerprint density at radius 2 is 1.91 bits per heavy atom. The molecule has 3 aliphatic heterocycles. The fourth-order valence-corrected chi connectivity index (χ4v) is 5.75. The molecule has 0 spiro atoms. The van der Waals surface area contributed by atoms with Crippen molar-refractivity contribution < 1.29 is 9.18 Å². The van der Waals surface area contributed by atoms with E-state index in [1.54, 1.807) is 0 Å². The van der Waals surface area contributed by atoms with Gasteiger partial charge in [0.1, 0.15) is 6.67 Å². The van der Waals surface area contributed by atoms with Crippen LogP contribution in [0.4, 0.5) is 10.2 Å². The highest BCUT2D eigenvalue weighted by Gasteiger charge is 2.39. The molecular formula is C24H28FN7O. The molecule has 8 nitrogen and oxygen atoms in total. The summed E-state index contributed by atoms with van der Waals surface area (Å²) in [7, 11) is 0. The zero-order valence-electron chi connectivity index (χ0n) is 18.6. The van der Waals surface area contributed by atoms with Gasteiger partial charge in [0.05, 0.1) is 30.5 Å². The van der Waals surface area contributed by atoms with Gasteiger partial charge >= 0.3 is 0 Å². The number of halogens is 1. The van der Waals surface area contributed by atoms with Crippen molar-refractivity contribution in [2.75, 3.05) is 31.6 Å². The smallest absolute Gasteiger partial charge is 0.239 e. The van der Waals surface area contributed by atoms with Crippen LogP contribution in [-0.4, -0.2) is 74.1 Å². The number of hydrogen-bond acceptors (Lipinski definition) is 6. The molecule has 1 amide bonds. The number of amides is 1. The van der Waals surface area contributed by atoms with Crippen molar-refractivity contribution in [3.63, 3.8) is 0 Å². The molecule has 0 aliphatic carbocycles. The summed E-state index contributed by atoms with van der Waals surface area (Å²) in [5.74, 6) is 0.444. The molecule has 0 unspecified atom stereocenters. The third-order valence-electron chi connectivity index (χ3n) is 7.44. The standard InChI is InChI=1S/C24H28FN7O/c25-7-8-30-9-10-32-22(14-30)20(13-26-32)16-1-6-21-17(11-16)12-23(29-28-21)27-24(33)15-31-18-2-3-19(31)5-4-18/h1,6,11-13,18-19H,2-5,7-10,14-15H2,(H,27,29,33). The number of carbonyl (C=O) groups excluding carboxylic acids is 1. The van der Waals surface area contributed by atoms with Crippen LogP contribution in [0.2, 0.25) is 0 Å². The van der Waals surface area contributed by atoms with E-state index in [2.05, 4.69) is 36.5 Å². The molecule has 5 heterocycles. The number of hydrogen-bond donors (Lipinski definition) is 1. The van der Waals surface area contributed by atoms with Crippen LogP contribution < -0.4 is 5.32 Å². The molecule has 6 rings (SSSR count). The van der Waals surface area contributed by atoms with Crippen LogP contribution in [0.1, 0.15) is 31.4 Å². The van der Waals surface area contributed by atoms with E-state index in [-0.39, 0.29) is 12.6 Å². The molecule has 2 saturated heterocycles. The third kappa shape index (κ3) is 3.89. The van der Waals surface area contributed by atoms with Gasteiger partial charge in [0.15, 0.2) is 5.82 Å². The van der Waals surface area contributed by atoms with Crippen LogP contribution in [0.3, 0.4) is 0 Å². The second-order valence-corrected chi connectivity index (χ2v) is 9.38. The second-order valence-electron chi connectivity index (χ2n) is 9.38. The number of anilines is 1. The number of rotatable bonds is 6. The van der Waals surface area contributed by atoms with Crippen LogP contribution in [0.15, 0.2) is 30.5 Å². The van der Waals surface area contributed by atoms with Gasteiger partial charge in [-0.05, 0) is 49.4 Å². The van der Waals surface area contributed by atoms with Crippen molar-refractivity contribution in [2.24, 2.45) is 0 Å². The number of alkyl halides is 1. The van der Waals surface area contributed by atoms with Gasteiger partial charge in [-0.1, -0.05) is 6.07 Å². The highest BCUT2D eigenvalue weighted by atomic mass is 19.1. The molecule has 3 aliphatic rings. The first-order valence-corrected chi connectivity index (χ1v) is 11.8. The van der Waals surface area contributed by atoms with Gasteiger partial charge in [-0.15, -0.1) is 10.2 Å². The minimum atomic E-state index is -0.342. The van der Waals surface area contributed by atoms with Crippen molar-refractivity contribution >= 4 is 22.6 Å². The molecule has 3 aromatic rings. The van der Waals surface area contributed by atoms with E-state index < -0.39 is 0 Å². The zero-order valence-corrected chi connectivity index (χ0v) is 18.6. The minimum absolute atomic E-state index is 0.0303. The highest BCUT2D eigenvalue weighted by Crippen LogP contribution is 2.37.